The summed E-state index contributed by atoms with van der Waals surface area (Å²) in [5.41, 5.74) is 5.60. The van der Waals surface area contributed by atoms with E-state index in [0.717, 1.165) is 19.3 Å². The van der Waals surface area contributed by atoms with E-state index in [1.807, 2.05) is 0 Å². The van der Waals surface area contributed by atoms with Gasteiger partial charge < -0.3 is 11.1 Å². The zero-order valence-electron chi connectivity index (χ0n) is 10.8. The molecule has 1 fully saturated rings. The van der Waals surface area contributed by atoms with Crippen molar-refractivity contribution in [2.45, 2.75) is 45.6 Å². The van der Waals surface area contributed by atoms with Gasteiger partial charge in [0.25, 0.3) is 5.91 Å². The molecule has 6 heteroatoms. The summed E-state index contributed by atoms with van der Waals surface area (Å²) in [4.78, 5) is 12.0. The van der Waals surface area contributed by atoms with Gasteiger partial charge in [0, 0.05) is 6.04 Å². The quantitative estimate of drug-likeness (QED) is 0.852. The van der Waals surface area contributed by atoms with Crippen LogP contribution in [0.5, 0.6) is 0 Å². The van der Waals surface area contributed by atoms with Gasteiger partial charge >= 0.3 is 0 Å². The molecule has 2 unspecified atom stereocenters. The molecule has 0 radical (unpaired) electrons. The van der Waals surface area contributed by atoms with E-state index >= 15 is 0 Å². The number of amides is 1. The predicted octanol–water partition coefficient (Wildman–Crippen LogP) is 1.60. The van der Waals surface area contributed by atoms with E-state index in [4.69, 9.17) is 5.73 Å². The largest absolute Gasteiger partial charge is 0.379 e. The average Bonchev–Trinajstić information content (AvgIpc) is 2.76. The first-order valence-electron chi connectivity index (χ1n) is 6.48. The highest BCUT2D eigenvalue weighted by Gasteiger charge is 2.30. The normalized spacial score (nSPS) is 24.2. The summed E-state index contributed by atoms with van der Waals surface area (Å²) in [6.07, 6.45) is 4.57. The molecule has 0 bridgehead atoms. The zero-order valence-corrected chi connectivity index (χ0v) is 10.8. The van der Waals surface area contributed by atoms with Crippen LogP contribution in [-0.4, -0.2) is 22.3 Å². The fourth-order valence-electron chi connectivity index (χ4n) is 2.73. The molecule has 1 aliphatic rings. The van der Waals surface area contributed by atoms with Gasteiger partial charge in [0.05, 0.1) is 0 Å². The van der Waals surface area contributed by atoms with E-state index < -0.39 is 0 Å². The van der Waals surface area contributed by atoms with Crippen LogP contribution in [0.25, 0.3) is 0 Å². The lowest BCUT2D eigenvalue weighted by Crippen LogP contribution is -2.44. The summed E-state index contributed by atoms with van der Waals surface area (Å²) < 4.78 is 4.44. The SMILES string of the molecule is CC(C)C1CCCCC1NC(=O)c1nonc1N. The van der Waals surface area contributed by atoms with Gasteiger partial charge in [-0.3, -0.25) is 4.79 Å². The van der Waals surface area contributed by atoms with Gasteiger partial charge in [-0.15, -0.1) is 0 Å². The predicted molar refractivity (Wildman–Crippen MR) is 66.8 cm³/mol. The summed E-state index contributed by atoms with van der Waals surface area (Å²) in [5, 5.41) is 9.96. The molecule has 18 heavy (non-hydrogen) atoms. The molecule has 1 aromatic heterocycles. The molecule has 3 N–H and O–H groups in total. The molecular formula is C12H20N4O2. The van der Waals surface area contributed by atoms with Crippen molar-refractivity contribution in [3.05, 3.63) is 5.69 Å². The van der Waals surface area contributed by atoms with Crippen molar-refractivity contribution in [1.29, 1.82) is 0 Å². The van der Waals surface area contributed by atoms with E-state index in [1.165, 1.54) is 6.42 Å². The van der Waals surface area contributed by atoms with Crippen LogP contribution in [0, 0.1) is 11.8 Å². The molecule has 1 heterocycles. The molecule has 0 spiro atoms. The number of hydrogen-bond donors (Lipinski definition) is 2. The van der Waals surface area contributed by atoms with Crippen LogP contribution in [0.2, 0.25) is 0 Å². The van der Waals surface area contributed by atoms with Gasteiger partial charge in [-0.05, 0) is 35.0 Å². The first kappa shape index (κ1) is 12.9. The highest BCUT2D eigenvalue weighted by Crippen LogP contribution is 2.30. The minimum Gasteiger partial charge on any atom is -0.379 e. The maximum absolute atomic E-state index is 12.0. The second kappa shape index (κ2) is 5.37. The summed E-state index contributed by atoms with van der Waals surface area (Å²) >= 11 is 0. The smallest absolute Gasteiger partial charge is 0.277 e. The molecule has 0 aromatic carbocycles. The van der Waals surface area contributed by atoms with Crippen LogP contribution in [0.4, 0.5) is 5.82 Å². The van der Waals surface area contributed by atoms with Crippen molar-refractivity contribution in [2.24, 2.45) is 11.8 Å². The zero-order chi connectivity index (χ0) is 13.1. The van der Waals surface area contributed by atoms with Gasteiger partial charge in [0.15, 0.2) is 0 Å². The monoisotopic (exact) mass is 252 g/mol. The highest BCUT2D eigenvalue weighted by atomic mass is 16.6. The number of aromatic nitrogens is 2. The van der Waals surface area contributed by atoms with E-state index in [1.54, 1.807) is 0 Å². The van der Waals surface area contributed by atoms with Gasteiger partial charge in [0.1, 0.15) is 0 Å². The first-order chi connectivity index (χ1) is 8.59. The van der Waals surface area contributed by atoms with Crippen LogP contribution >= 0.6 is 0 Å². The summed E-state index contributed by atoms with van der Waals surface area (Å²) in [6, 6.07) is 0.197. The van der Waals surface area contributed by atoms with Crippen LogP contribution in [0.1, 0.15) is 50.0 Å². The fourth-order valence-corrected chi connectivity index (χ4v) is 2.73. The molecule has 2 atom stereocenters. The van der Waals surface area contributed by atoms with Crippen molar-refractivity contribution in [3.63, 3.8) is 0 Å². The molecule has 2 rings (SSSR count). The summed E-state index contributed by atoms with van der Waals surface area (Å²) in [7, 11) is 0. The Morgan fingerprint density at radius 2 is 2.11 bits per heavy atom. The number of anilines is 1. The van der Waals surface area contributed by atoms with Crippen molar-refractivity contribution < 1.29 is 9.42 Å². The lowest BCUT2D eigenvalue weighted by Gasteiger charge is -2.34. The number of carbonyl (C=O) groups excluding carboxylic acids is 1. The average molecular weight is 252 g/mol. The van der Waals surface area contributed by atoms with Crippen molar-refractivity contribution >= 4 is 11.7 Å². The number of nitrogens with two attached hydrogens (primary N) is 1. The Balaban J connectivity index is 2.03. The molecule has 0 aliphatic heterocycles. The molecule has 1 aromatic rings. The molecule has 100 valence electrons. The van der Waals surface area contributed by atoms with E-state index in [9.17, 15) is 4.79 Å². The number of carbonyl (C=O) groups is 1. The van der Waals surface area contributed by atoms with E-state index in [2.05, 4.69) is 34.1 Å². The van der Waals surface area contributed by atoms with Crippen LogP contribution in [-0.2, 0) is 0 Å². The molecule has 1 aliphatic carbocycles. The second-order valence-corrected chi connectivity index (χ2v) is 5.27. The first-order valence-corrected chi connectivity index (χ1v) is 6.48. The van der Waals surface area contributed by atoms with Gasteiger partial charge in [-0.2, -0.15) is 0 Å². The molecule has 6 nitrogen and oxygen atoms in total. The number of rotatable bonds is 3. The third kappa shape index (κ3) is 2.63. The Morgan fingerprint density at radius 3 is 2.72 bits per heavy atom. The maximum Gasteiger partial charge on any atom is 0.277 e. The number of nitrogens with one attached hydrogen (secondary N) is 1. The van der Waals surface area contributed by atoms with Gasteiger partial charge in [-0.25, -0.2) is 4.63 Å². The Bertz CT molecular complexity index is 416. The summed E-state index contributed by atoms with van der Waals surface area (Å²) in [5.74, 6) is 0.836. The van der Waals surface area contributed by atoms with Crippen LogP contribution in [0.3, 0.4) is 0 Å². The third-order valence-corrected chi connectivity index (χ3v) is 3.72. The van der Waals surface area contributed by atoms with Gasteiger partial charge in [0.2, 0.25) is 11.5 Å². The lowest BCUT2D eigenvalue weighted by atomic mass is 9.78. The van der Waals surface area contributed by atoms with Crippen LogP contribution < -0.4 is 11.1 Å². The standard InChI is InChI=1S/C12H20N4O2/c1-7(2)8-5-3-4-6-9(8)14-12(17)10-11(13)16-18-15-10/h7-9H,3-6H2,1-2H3,(H2,13,16)(H,14,17). The molecular weight excluding hydrogens is 232 g/mol. The number of hydrogen-bond acceptors (Lipinski definition) is 5. The molecule has 0 saturated heterocycles. The molecule has 1 amide bonds. The molecule has 1 saturated carbocycles. The van der Waals surface area contributed by atoms with E-state index in [0.29, 0.717) is 11.8 Å². The van der Waals surface area contributed by atoms with Crippen molar-refractivity contribution in [2.75, 3.05) is 5.73 Å². The summed E-state index contributed by atoms with van der Waals surface area (Å²) in [6.45, 7) is 4.39. The Hall–Kier alpha value is -1.59. The Labute approximate surface area is 106 Å². The van der Waals surface area contributed by atoms with Crippen molar-refractivity contribution in [1.82, 2.24) is 15.6 Å². The topological polar surface area (TPSA) is 94.0 Å². The van der Waals surface area contributed by atoms with E-state index in [-0.39, 0.29) is 23.5 Å². The third-order valence-electron chi connectivity index (χ3n) is 3.72. The minimum atomic E-state index is -0.286. The van der Waals surface area contributed by atoms with Crippen molar-refractivity contribution in [3.8, 4) is 0 Å². The van der Waals surface area contributed by atoms with Crippen LogP contribution in [0.15, 0.2) is 4.63 Å². The Kier molecular flexibility index (Phi) is 3.84. The number of nitrogen functional groups attached to an aromatic ring is 1. The lowest BCUT2D eigenvalue weighted by molar-refractivity contribution is 0.0880. The Morgan fingerprint density at radius 1 is 1.39 bits per heavy atom. The maximum atomic E-state index is 12.0. The fraction of sp³-hybridized carbons (Fsp3) is 0.750. The highest BCUT2D eigenvalue weighted by molar-refractivity contribution is 5.96. The number of nitrogens with zero attached hydrogens (tertiary/aromatic N) is 2. The van der Waals surface area contributed by atoms with Gasteiger partial charge in [-0.1, -0.05) is 26.7 Å². The minimum absolute atomic E-state index is 0.0457. The second-order valence-electron chi connectivity index (χ2n) is 5.27.